The van der Waals surface area contributed by atoms with Crippen LogP contribution in [-0.4, -0.2) is 62.6 Å². The minimum absolute atomic E-state index is 0.169. The zero-order valence-electron chi connectivity index (χ0n) is 20.7. The molecular formula is C26H31N5O5. The highest BCUT2D eigenvalue weighted by molar-refractivity contribution is 5.90. The second-order valence-corrected chi connectivity index (χ2v) is 10.4. The summed E-state index contributed by atoms with van der Waals surface area (Å²) in [6, 6.07) is 11.3. The van der Waals surface area contributed by atoms with Crippen LogP contribution in [0, 0.1) is 12.3 Å². The molecule has 2 aliphatic heterocycles. The number of carbonyl (C=O) groups is 2. The Labute approximate surface area is 209 Å². The number of hydrogen-bond donors (Lipinski definition) is 2. The highest BCUT2D eigenvalue weighted by Crippen LogP contribution is 2.37. The second kappa shape index (κ2) is 9.09. The summed E-state index contributed by atoms with van der Waals surface area (Å²) >= 11 is 0. The second-order valence-electron chi connectivity index (χ2n) is 10.4. The molecule has 2 fully saturated rings. The van der Waals surface area contributed by atoms with Crippen molar-refractivity contribution in [2.75, 3.05) is 29.5 Å². The number of cyclic esters (lactones) is 1. The molecule has 0 aliphatic carbocycles. The van der Waals surface area contributed by atoms with E-state index in [2.05, 4.69) is 23.7 Å². The van der Waals surface area contributed by atoms with E-state index in [4.69, 9.17) is 9.84 Å². The maximum absolute atomic E-state index is 12.7. The topological polar surface area (TPSA) is 121 Å². The molecule has 0 spiro atoms. The fraction of sp³-hybridized carbons (Fsp3) is 0.462. The first kappa shape index (κ1) is 24.1. The fourth-order valence-corrected chi connectivity index (χ4v) is 5.07. The quantitative estimate of drug-likeness (QED) is 0.536. The van der Waals surface area contributed by atoms with Crippen LogP contribution in [0.2, 0.25) is 0 Å². The number of nitrogens with zero attached hydrogens (tertiary/aromatic N) is 5. The molecule has 2 N–H and O–H groups in total. The van der Waals surface area contributed by atoms with Crippen molar-refractivity contribution < 1.29 is 24.5 Å². The molecule has 36 heavy (non-hydrogen) atoms. The largest absolute Gasteiger partial charge is 0.479 e. The van der Waals surface area contributed by atoms with E-state index in [1.54, 1.807) is 17.5 Å². The zero-order valence-corrected chi connectivity index (χ0v) is 20.7. The number of aliphatic carboxylic acids is 1. The summed E-state index contributed by atoms with van der Waals surface area (Å²) in [5.41, 5.74) is 2.35. The highest BCUT2D eigenvalue weighted by atomic mass is 16.6. The summed E-state index contributed by atoms with van der Waals surface area (Å²) < 4.78 is 6.94. The Morgan fingerprint density at radius 2 is 1.92 bits per heavy atom. The van der Waals surface area contributed by atoms with Crippen LogP contribution in [0.5, 0.6) is 0 Å². The summed E-state index contributed by atoms with van der Waals surface area (Å²) in [7, 11) is 0. The van der Waals surface area contributed by atoms with E-state index in [-0.39, 0.29) is 23.6 Å². The van der Waals surface area contributed by atoms with E-state index in [0.717, 1.165) is 18.4 Å². The smallest absolute Gasteiger partial charge is 0.416 e. The molecular weight excluding hydrogens is 462 g/mol. The van der Waals surface area contributed by atoms with Gasteiger partial charge in [-0.25, -0.2) is 14.6 Å². The number of anilines is 2. The van der Waals surface area contributed by atoms with E-state index in [1.807, 2.05) is 30.3 Å². The molecule has 1 aromatic carbocycles. The molecule has 2 atom stereocenters. The SMILES string of the molecule is Cc1nc2cc(N3C(=O)OCC3Cc3ccccc3)nn2c(N2CCC(C)(C)CC2)c1[C@H](O)C(=O)O. The van der Waals surface area contributed by atoms with Gasteiger partial charge in [0.2, 0.25) is 0 Å². The molecule has 1 amide bonds. The lowest BCUT2D eigenvalue weighted by atomic mass is 9.82. The third-order valence-electron chi connectivity index (χ3n) is 7.24. The number of aliphatic hydroxyl groups excluding tert-OH is 1. The number of fused-ring (bicyclic) bond motifs is 1. The highest BCUT2D eigenvalue weighted by Gasteiger charge is 2.38. The number of aliphatic hydroxyl groups is 1. The van der Waals surface area contributed by atoms with Gasteiger partial charge in [0.05, 0.1) is 11.6 Å². The normalized spacial score (nSPS) is 20.6. The molecule has 10 heteroatoms. The number of hydrogen-bond acceptors (Lipinski definition) is 7. The predicted molar refractivity (Wildman–Crippen MR) is 133 cm³/mol. The summed E-state index contributed by atoms with van der Waals surface area (Å²) in [5.74, 6) is -0.469. The molecule has 2 aliphatic rings. The molecule has 2 aromatic heterocycles. The molecule has 2 saturated heterocycles. The van der Waals surface area contributed by atoms with Crippen LogP contribution in [-0.2, 0) is 16.0 Å². The zero-order chi connectivity index (χ0) is 25.6. The number of carboxylic acid groups (broad SMARTS) is 1. The average molecular weight is 494 g/mol. The van der Waals surface area contributed by atoms with Gasteiger partial charge in [0, 0.05) is 24.8 Å². The Morgan fingerprint density at radius 3 is 2.58 bits per heavy atom. The monoisotopic (exact) mass is 493 g/mol. The first-order valence-electron chi connectivity index (χ1n) is 12.2. The summed E-state index contributed by atoms with van der Waals surface area (Å²) in [5, 5.41) is 25.0. The molecule has 0 bridgehead atoms. The summed E-state index contributed by atoms with van der Waals surface area (Å²) in [6.07, 6.45) is 0.184. The number of rotatable bonds is 6. The van der Waals surface area contributed by atoms with Crippen molar-refractivity contribution in [3.05, 3.63) is 53.2 Å². The standard InChI is InChI=1S/C26H31N5O5/c1-16-21(22(32)24(33)34)23(29-11-9-26(2,3)10-12-29)31-19(27-16)14-20(28-31)30-18(15-36-25(30)35)13-17-7-5-4-6-8-17/h4-8,14,18,22,32H,9-13,15H2,1-3H3,(H,33,34)/t18?,22-/m0/s1. The molecule has 5 rings (SSSR count). The summed E-state index contributed by atoms with van der Waals surface area (Å²) in [6.45, 7) is 7.72. The molecule has 4 heterocycles. The number of amides is 1. The molecule has 0 radical (unpaired) electrons. The van der Waals surface area contributed by atoms with Crippen LogP contribution in [0.1, 0.15) is 49.6 Å². The van der Waals surface area contributed by atoms with Gasteiger partial charge in [0.25, 0.3) is 0 Å². The Hall–Kier alpha value is -3.66. The van der Waals surface area contributed by atoms with E-state index in [0.29, 0.717) is 42.5 Å². The Kier molecular flexibility index (Phi) is 6.07. The van der Waals surface area contributed by atoms with Crippen LogP contribution < -0.4 is 9.80 Å². The van der Waals surface area contributed by atoms with E-state index in [1.165, 1.54) is 4.90 Å². The van der Waals surface area contributed by atoms with Gasteiger partial charge < -0.3 is 19.8 Å². The number of ether oxygens (including phenoxy) is 1. The van der Waals surface area contributed by atoms with Gasteiger partial charge >= 0.3 is 12.1 Å². The number of carboxylic acids is 1. The lowest BCUT2D eigenvalue weighted by Crippen LogP contribution is -2.39. The summed E-state index contributed by atoms with van der Waals surface area (Å²) in [4.78, 5) is 32.7. The third-order valence-corrected chi connectivity index (χ3v) is 7.24. The van der Waals surface area contributed by atoms with Crippen LogP contribution in [0.15, 0.2) is 36.4 Å². The van der Waals surface area contributed by atoms with Crippen LogP contribution >= 0.6 is 0 Å². The predicted octanol–water partition coefficient (Wildman–Crippen LogP) is 3.35. The van der Waals surface area contributed by atoms with Gasteiger partial charge in [-0.05, 0) is 37.2 Å². The van der Waals surface area contributed by atoms with Crippen LogP contribution in [0.4, 0.5) is 16.4 Å². The molecule has 0 saturated carbocycles. The fourth-order valence-electron chi connectivity index (χ4n) is 5.07. The average Bonchev–Trinajstić information content (AvgIpc) is 3.41. The Morgan fingerprint density at radius 1 is 1.22 bits per heavy atom. The first-order chi connectivity index (χ1) is 17.1. The van der Waals surface area contributed by atoms with Gasteiger partial charge in [0.1, 0.15) is 12.4 Å². The van der Waals surface area contributed by atoms with Gasteiger partial charge in [-0.1, -0.05) is 44.2 Å². The lowest BCUT2D eigenvalue weighted by molar-refractivity contribution is -0.147. The molecule has 10 nitrogen and oxygen atoms in total. The van der Waals surface area contributed by atoms with Gasteiger partial charge in [0.15, 0.2) is 17.6 Å². The van der Waals surface area contributed by atoms with Crippen LogP contribution in [0.3, 0.4) is 0 Å². The number of benzene rings is 1. The van der Waals surface area contributed by atoms with Gasteiger partial charge in [-0.3, -0.25) is 4.90 Å². The third kappa shape index (κ3) is 4.37. The minimum atomic E-state index is -1.75. The van der Waals surface area contributed by atoms with Crippen molar-refractivity contribution in [3.8, 4) is 0 Å². The van der Waals surface area contributed by atoms with Crippen molar-refractivity contribution in [3.63, 3.8) is 0 Å². The van der Waals surface area contributed by atoms with Crippen molar-refractivity contribution in [2.45, 2.75) is 52.2 Å². The van der Waals surface area contributed by atoms with E-state index >= 15 is 0 Å². The van der Waals surface area contributed by atoms with Crippen molar-refractivity contribution >= 4 is 29.3 Å². The number of aryl methyl sites for hydroxylation is 1. The van der Waals surface area contributed by atoms with Crippen molar-refractivity contribution in [2.24, 2.45) is 5.41 Å². The molecule has 1 unspecified atom stereocenters. The number of piperidine rings is 1. The first-order valence-corrected chi connectivity index (χ1v) is 12.2. The number of aromatic nitrogens is 3. The lowest BCUT2D eigenvalue weighted by Gasteiger charge is -2.39. The van der Waals surface area contributed by atoms with Crippen molar-refractivity contribution in [1.29, 1.82) is 0 Å². The molecule has 3 aromatic rings. The van der Waals surface area contributed by atoms with Crippen LogP contribution in [0.25, 0.3) is 5.65 Å². The van der Waals surface area contributed by atoms with Gasteiger partial charge in [-0.2, -0.15) is 4.52 Å². The molecule has 190 valence electrons. The minimum Gasteiger partial charge on any atom is -0.479 e. The van der Waals surface area contributed by atoms with E-state index < -0.39 is 18.2 Å². The maximum Gasteiger partial charge on any atom is 0.416 e. The van der Waals surface area contributed by atoms with Gasteiger partial charge in [-0.15, -0.1) is 5.10 Å². The maximum atomic E-state index is 12.7. The van der Waals surface area contributed by atoms with Crippen molar-refractivity contribution in [1.82, 2.24) is 14.6 Å². The Balaban J connectivity index is 1.60. The number of carbonyl (C=O) groups excluding carboxylic acids is 1. The van der Waals surface area contributed by atoms with E-state index in [9.17, 15) is 19.8 Å². The Bertz CT molecular complexity index is 1300.